The number of rotatable bonds is 1. The van der Waals surface area contributed by atoms with Crippen LogP contribution in [0.25, 0.3) is 5.52 Å². The van der Waals surface area contributed by atoms with Crippen LogP contribution in [-0.2, 0) is 0 Å². The molecular weight excluding hydrogens is 206 g/mol. The summed E-state index contributed by atoms with van der Waals surface area (Å²) in [6.45, 7) is 1.67. The van der Waals surface area contributed by atoms with E-state index in [2.05, 4.69) is 10.1 Å². The van der Waals surface area contributed by atoms with E-state index in [4.69, 9.17) is 16.7 Å². The Morgan fingerprint density at radius 1 is 1.64 bits per heavy atom. The summed E-state index contributed by atoms with van der Waals surface area (Å²) >= 11 is 5.82. The van der Waals surface area contributed by atoms with Crippen molar-refractivity contribution in [3.63, 3.8) is 0 Å². The molecule has 5 nitrogen and oxygen atoms in total. The fourth-order valence-corrected chi connectivity index (χ4v) is 1.60. The van der Waals surface area contributed by atoms with Gasteiger partial charge in [-0.05, 0) is 12.5 Å². The Morgan fingerprint density at radius 3 is 2.93 bits per heavy atom. The normalized spacial score (nSPS) is 10.7. The SMILES string of the molecule is Cc1c(C(=O)O)cn2ncnc(Cl)c12. The molecule has 2 heterocycles. The second kappa shape index (κ2) is 2.95. The Labute approximate surface area is 83.9 Å². The summed E-state index contributed by atoms with van der Waals surface area (Å²) in [6, 6.07) is 0. The van der Waals surface area contributed by atoms with Gasteiger partial charge in [-0.25, -0.2) is 14.3 Å². The molecule has 0 aliphatic carbocycles. The summed E-state index contributed by atoms with van der Waals surface area (Å²) in [5.41, 5.74) is 1.29. The number of aromatic nitrogens is 3. The van der Waals surface area contributed by atoms with E-state index in [-0.39, 0.29) is 10.7 Å². The Morgan fingerprint density at radius 2 is 2.36 bits per heavy atom. The lowest BCUT2D eigenvalue weighted by atomic mass is 10.2. The molecule has 0 aromatic carbocycles. The maximum absolute atomic E-state index is 10.8. The lowest BCUT2D eigenvalue weighted by Gasteiger charge is -1.95. The van der Waals surface area contributed by atoms with Gasteiger partial charge in [0.1, 0.15) is 11.8 Å². The Balaban J connectivity index is 2.87. The van der Waals surface area contributed by atoms with Gasteiger partial charge in [-0.3, -0.25) is 0 Å². The van der Waals surface area contributed by atoms with Crippen LogP contribution in [-0.4, -0.2) is 25.7 Å². The molecule has 2 rings (SSSR count). The smallest absolute Gasteiger partial charge is 0.337 e. The minimum absolute atomic E-state index is 0.187. The average molecular weight is 212 g/mol. The van der Waals surface area contributed by atoms with Gasteiger partial charge in [-0.1, -0.05) is 11.6 Å². The van der Waals surface area contributed by atoms with E-state index in [0.717, 1.165) is 0 Å². The molecule has 0 bridgehead atoms. The first-order chi connectivity index (χ1) is 6.61. The molecule has 0 fully saturated rings. The van der Waals surface area contributed by atoms with E-state index in [1.54, 1.807) is 6.92 Å². The minimum atomic E-state index is -0.996. The van der Waals surface area contributed by atoms with Crippen molar-refractivity contribution in [2.24, 2.45) is 0 Å². The van der Waals surface area contributed by atoms with Gasteiger partial charge >= 0.3 is 5.97 Å². The predicted octanol–water partition coefficient (Wildman–Crippen LogP) is 1.39. The van der Waals surface area contributed by atoms with Gasteiger partial charge in [0.2, 0.25) is 0 Å². The van der Waals surface area contributed by atoms with Crippen LogP contribution in [0, 0.1) is 6.92 Å². The maximum atomic E-state index is 10.8. The van der Waals surface area contributed by atoms with Crippen LogP contribution in [0.2, 0.25) is 5.15 Å². The van der Waals surface area contributed by atoms with E-state index in [9.17, 15) is 4.79 Å². The predicted molar refractivity (Wildman–Crippen MR) is 49.7 cm³/mol. The Kier molecular flexibility index (Phi) is 1.89. The van der Waals surface area contributed by atoms with E-state index in [1.807, 2.05) is 0 Å². The first-order valence-corrected chi connectivity index (χ1v) is 4.21. The van der Waals surface area contributed by atoms with Crippen LogP contribution >= 0.6 is 11.6 Å². The number of carboxylic acids is 1. The second-order valence-corrected chi connectivity index (χ2v) is 3.17. The van der Waals surface area contributed by atoms with Gasteiger partial charge in [0.05, 0.1) is 5.56 Å². The van der Waals surface area contributed by atoms with Gasteiger partial charge in [0, 0.05) is 6.20 Å². The molecule has 2 aromatic heterocycles. The highest BCUT2D eigenvalue weighted by atomic mass is 35.5. The molecule has 0 unspecified atom stereocenters. The number of carbonyl (C=O) groups is 1. The Bertz CT molecular complexity index is 521. The monoisotopic (exact) mass is 211 g/mol. The third-order valence-electron chi connectivity index (χ3n) is 2.01. The number of aromatic carboxylic acids is 1. The minimum Gasteiger partial charge on any atom is -0.478 e. The van der Waals surface area contributed by atoms with Crippen molar-refractivity contribution in [3.8, 4) is 0 Å². The van der Waals surface area contributed by atoms with Crippen LogP contribution in [0.3, 0.4) is 0 Å². The van der Waals surface area contributed by atoms with Crippen molar-refractivity contribution in [2.45, 2.75) is 6.92 Å². The number of carboxylic acid groups (broad SMARTS) is 1. The third-order valence-corrected chi connectivity index (χ3v) is 2.29. The zero-order valence-corrected chi connectivity index (χ0v) is 7.99. The van der Waals surface area contributed by atoms with E-state index in [0.29, 0.717) is 11.1 Å². The fraction of sp³-hybridized carbons (Fsp3) is 0.125. The van der Waals surface area contributed by atoms with Crippen molar-refractivity contribution in [1.82, 2.24) is 14.6 Å². The van der Waals surface area contributed by atoms with Gasteiger partial charge in [-0.2, -0.15) is 5.10 Å². The molecule has 0 saturated heterocycles. The number of halogens is 1. The van der Waals surface area contributed by atoms with Crippen molar-refractivity contribution >= 4 is 23.1 Å². The third kappa shape index (κ3) is 1.13. The fourth-order valence-electron chi connectivity index (χ4n) is 1.33. The van der Waals surface area contributed by atoms with Crippen LogP contribution in [0.5, 0.6) is 0 Å². The van der Waals surface area contributed by atoms with Crippen molar-refractivity contribution < 1.29 is 9.90 Å². The highest BCUT2D eigenvalue weighted by Crippen LogP contribution is 2.21. The van der Waals surface area contributed by atoms with Crippen molar-refractivity contribution in [1.29, 1.82) is 0 Å². The first kappa shape index (κ1) is 8.96. The highest BCUT2D eigenvalue weighted by Gasteiger charge is 2.15. The number of fused-ring (bicyclic) bond motifs is 1. The molecular formula is C8H6ClN3O2. The summed E-state index contributed by atoms with van der Waals surface area (Å²) in [7, 11) is 0. The van der Waals surface area contributed by atoms with Gasteiger partial charge in [0.25, 0.3) is 0 Å². The maximum Gasteiger partial charge on any atom is 0.337 e. The largest absolute Gasteiger partial charge is 0.478 e. The zero-order valence-electron chi connectivity index (χ0n) is 7.23. The van der Waals surface area contributed by atoms with Gasteiger partial charge in [0.15, 0.2) is 5.15 Å². The van der Waals surface area contributed by atoms with Crippen molar-refractivity contribution in [2.75, 3.05) is 0 Å². The molecule has 72 valence electrons. The van der Waals surface area contributed by atoms with Crippen LogP contribution in [0.1, 0.15) is 15.9 Å². The zero-order chi connectivity index (χ0) is 10.3. The van der Waals surface area contributed by atoms with E-state index < -0.39 is 5.97 Å². The summed E-state index contributed by atoms with van der Waals surface area (Å²) in [5.74, 6) is -0.996. The second-order valence-electron chi connectivity index (χ2n) is 2.82. The molecule has 0 amide bonds. The van der Waals surface area contributed by atoms with Crippen molar-refractivity contribution in [3.05, 3.63) is 28.8 Å². The number of hydrogen-bond acceptors (Lipinski definition) is 3. The summed E-state index contributed by atoms with van der Waals surface area (Å²) in [5, 5.41) is 13.0. The van der Waals surface area contributed by atoms with Crippen LogP contribution in [0.15, 0.2) is 12.5 Å². The summed E-state index contributed by atoms with van der Waals surface area (Å²) in [6.07, 6.45) is 2.70. The van der Waals surface area contributed by atoms with Gasteiger partial charge in [-0.15, -0.1) is 0 Å². The van der Waals surface area contributed by atoms with E-state index >= 15 is 0 Å². The van der Waals surface area contributed by atoms with Crippen LogP contribution in [0.4, 0.5) is 0 Å². The molecule has 0 radical (unpaired) electrons. The molecule has 0 aliphatic rings. The standard InChI is InChI=1S/C8H6ClN3O2/c1-4-5(8(13)14)2-12-6(4)7(9)10-3-11-12/h2-3H,1H3,(H,13,14). The molecule has 2 aromatic rings. The molecule has 0 saturated carbocycles. The average Bonchev–Trinajstić information content (AvgIpc) is 2.45. The van der Waals surface area contributed by atoms with Crippen LogP contribution < -0.4 is 0 Å². The number of hydrogen-bond donors (Lipinski definition) is 1. The Hall–Kier alpha value is -1.62. The number of aryl methyl sites for hydroxylation is 1. The first-order valence-electron chi connectivity index (χ1n) is 3.83. The lowest BCUT2D eigenvalue weighted by molar-refractivity contribution is 0.0696. The summed E-state index contributed by atoms with van der Waals surface area (Å²) in [4.78, 5) is 14.6. The van der Waals surface area contributed by atoms with Gasteiger partial charge < -0.3 is 5.11 Å². The molecule has 14 heavy (non-hydrogen) atoms. The molecule has 0 aliphatic heterocycles. The molecule has 0 atom stereocenters. The topological polar surface area (TPSA) is 67.5 Å². The lowest BCUT2D eigenvalue weighted by Crippen LogP contribution is -1.95. The molecule has 0 spiro atoms. The highest BCUT2D eigenvalue weighted by molar-refractivity contribution is 6.32. The van der Waals surface area contributed by atoms with E-state index in [1.165, 1.54) is 17.0 Å². The molecule has 1 N–H and O–H groups in total. The summed E-state index contributed by atoms with van der Waals surface area (Å²) < 4.78 is 1.41. The molecule has 6 heteroatoms. The quantitative estimate of drug-likeness (QED) is 0.774. The number of nitrogens with zero attached hydrogens (tertiary/aromatic N) is 3.